The van der Waals surface area contributed by atoms with Gasteiger partial charge in [-0.05, 0) is 50.0 Å². The normalized spacial score (nSPS) is 12.5. The molecule has 3 N–H and O–H groups in total. The number of carboxylic acid groups (broad SMARTS) is 1. The van der Waals surface area contributed by atoms with Crippen molar-refractivity contribution in [3.8, 4) is 5.75 Å². The number of ketones is 1. The van der Waals surface area contributed by atoms with Crippen LogP contribution in [0.4, 0.5) is 4.79 Å². The topological polar surface area (TPSA) is 117 Å². The lowest BCUT2D eigenvalue weighted by atomic mass is 10.0. The lowest BCUT2D eigenvalue weighted by Gasteiger charge is -2.10. The van der Waals surface area contributed by atoms with E-state index in [4.69, 9.17) is 9.52 Å². The lowest BCUT2D eigenvalue weighted by molar-refractivity contribution is 0.104. The van der Waals surface area contributed by atoms with Crippen LogP contribution in [-0.4, -0.2) is 22.1 Å². The Morgan fingerprint density at radius 1 is 1.32 bits per heavy atom. The predicted octanol–water partition coefficient (Wildman–Crippen LogP) is 5.31. The van der Waals surface area contributed by atoms with Gasteiger partial charge in [0.1, 0.15) is 17.1 Å². The van der Waals surface area contributed by atoms with Crippen molar-refractivity contribution < 1.29 is 24.2 Å². The molecule has 0 saturated carbocycles. The molecule has 1 unspecified atom stereocenters. The summed E-state index contributed by atoms with van der Waals surface area (Å²) in [4.78, 5) is 37.3. The van der Waals surface area contributed by atoms with Gasteiger partial charge in [0.15, 0.2) is 5.78 Å². The first-order valence-corrected chi connectivity index (χ1v) is 11.0. The molecular formula is C23H27NO6S. The summed E-state index contributed by atoms with van der Waals surface area (Å²) < 4.78 is 5.27. The zero-order chi connectivity index (χ0) is 22.8. The third-order valence-electron chi connectivity index (χ3n) is 4.63. The molecule has 0 fully saturated rings. The van der Waals surface area contributed by atoms with E-state index >= 15 is 0 Å². The molecule has 0 bridgehead atoms. The van der Waals surface area contributed by atoms with Crippen molar-refractivity contribution in [3.63, 3.8) is 0 Å². The number of aryl methyl sites for hydroxylation is 1. The second kappa shape index (κ2) is 11.9. The van der Waals surface area contributed by atoms with E-state index in [2.05, 4.69) is 12.2 Å². The molecule has 0 aliphatic carbocycles. The van der Waals surface area contributed by atoms with Crippen LogP contribution in [0.25, 0.3) is 6.08 Å². The molecule has 1 amide bonds. The Balaban J connectivity index is 2.04. The Kier molecular flexibility index (Phi) is 9.27. The Hall–Kier alpha value is -3.13. The number of rotatable bonds is 11. The monoisotopic (exact) mass is 445 g/mol. The molecule has 166 valence electrons. The molecule has 0 aliphatic heterocycles. The second-order valence-electron chi connectivity index (χ2n) is 7.13. The second-order valence-corrected chi connectivity index (χ2v) is 8.33. The Morgan fingerprint density at radius 3 is 2.77 bits per heavy atom. The van der Waals surface area contributed by atoms with Gasteiger partial charge in [0.2, 0.25) is 0 Å². The van der Waals surface area contributed by atoms with Crippen molar-refractivity contribution in [1.29, 1.82) is 0 Å². The van der Waals surface area contributed by atoms with Gasteiger partial charge in [-0.3, -0.25) is 10.1 Å². The van der Waals surface area contributed by atoms with Gasteiger partial charge in [0, 0.05) is 27.9 Å². The first kappa shape index (κ1) is 24.1. The highest BCUT2D eigenvalue weighted by Gasteiger charge is 2.19. The summed E-state index contributed by atoms with van der Waals surface area (Å²) in [5, 5.41) is 20.9. The molecule has 0 saturated heterocycles. The molecule has 31 heavy (non-hydrogen) atoms. The third kappa shape index (κ3) is 7.57. The summed E-state index contributed by atoms with van der Waals surface area (Å²) in [5.41, 5.74) is -1.27. The zero-order valence-electron chi connectivity index (χ0n) is 17.6. The molecule has 2 aromatic rings. The Labute approximate surface area is 184 Å². The first-order valence-electron chi connectivity index (χ1n) is 10.1. The third-order valence-corrected chi connectivity index (χ3v) is 5.74. The van der Waals surface area contributed by atoms with E-state index in [1.54, 1.807) is 23.5 Å². The molecule has 2 rings (SSSR count). The summed E-state index contributed by atoms with van der Waals surface area (Å²) in [6.45, 7) is 3.94. The summed E-state index contributed by atoms with van der Waals surface area (Å²) >= 11 is 1.59. The van der Waals surface area contributed by atoms with Crippen molar-refractivity contribution in [2.45, 2.75) is 51.9 Å². The molecule has 2 heterocycles. The largest absolute Gasteiger partial charge is 0.507 e. The van der Waals surface area contributed by atoms with E-state index in [1.165, 1.54) is 23.2 Å². The van der Waals surface area contributed by atoms with E-state index in [0.29, 0.717) is 12.8 Å². The molecular weight excluding hydrogens is 418 g/mol. The molecule has 2 aromatic heterocycles. The highest BCUT2D eigenvalue weighted by atomic mass is 32.1. The highest BCUT2D eigenvalue weighted by molar-refractivity contribution is 7.12. The van der Waals surface area contributed by atoms with E-state index in [0.717, 1.165) is 24.1 Å². The minimum atomic E-state index is -1.15. The number of carbonyl (C=O) groups excluding carboxylic acids is 1. The number of hydrogen-bond acceptors (Lipinski definition) is 6. The number of amides is 1. The van der Waals surface area contributed by atoms with Crippen molar-refractivity contribution in [2.75, 3.05) is 0 Å². The molecule has 8 heteroatoms. The average molecular weight is 446 g/mol. The molecule has 0 spiro atoms. The van der Waals surface area contributed by atoms with Gasteiger partial charge in [0.05, 0.1) is 0 Å². The Bertz CT molecular complexity index is 1020. The van der Waals surface area contributed by atoms with Crippen LogP contribution < -0.4 is 10.9 Å². The van der Waals surface area contributed by atoms with Crippen LogP contribution in [0.1, 0.15) is 71.3 Å². The number of hydrogen-bond donors (Lipinski definition) is 3. The SMILES string of the molecule is CCCCc1ccc(/C=C/C(=O)c2c(O)cc(C(C)CCC=CNC(=O)O)oc2=O)s1. The fourth-order valence-electron chi connectivity index (χ4n) is 2.88. The van der Waals surface area contributed by atoms with Crippen LogP contribution in [0.5, 0.6) is 5.75 Å². The maximum Gasteiger partial charge on any atom is 0.408 e. The van der Waals surface area contributed by atoms with Crippen LogP contribution in [0.2, 0.25) is 0 Å². The quantitative estimate of drug-likeness (QED) is 0.319. The van der Waals surface area contributed by atoms with Crippen molar-refractivity contribution in [3.05, 3.63) is 68.0 Å². The highest BCUT2D eigenvalue weighted by Crippen LogP contribution is 2.25. The fraction of sp³-hybridized carbons (Fsp3) is 0.348. The number of nitrogens with one attached hydrogen (secondary N) is 1. The minimum Gasteiger partial charge on any atom is -0.507 e. The van der Waals surface area contributed by atoms with E-state index in [9.17, 15) is 19.5 Å². The van der Waals surface area contributed by atoms with Gasteiger partial charge in [-0.2, -0.15) is 0 Å². The van der Waals surface area contributed by atoms with E-state index in [1.807, 2.05) is 19.1 Å². The van der Waals surface area contributed by atoms with Crippen molar-refractivity contribution >= 4 is 29.3 Å². The van der Waals surface area contributed by atoms with Gasteiger partial charge >= 0.3 is 11.7 Å². The van der Waals surface area contributed by atoms with Gasteiger partial charge in [-0.25, -0.2) is 9.59 Å². The molecule has 1 atom stereocenters. The molecule has 7 nitrogen and oxygen atoms in total. The summed E-state index contributed by atoms with van der Waals surface area (Å²) in [6.07, 6.45) is 9.04. The number of aromatic hydroxyl groups is 1. The first-order chi connectivity index (χ1) is 14.8. The molecule has 0 radical (unpaired) electrons. The molecule has 0 aromatic carbocycles. The van der Waals surface area contributed by atoms with Crippen LogP contribution in [0.15, 0.2) is 45.8 Å². The Morgan fingerprint density at radius 2 is 2.10 bits per heavy atom. The van der Waals surface area contributed by atoms with Crippen LogP contribution in [0, 0.1) is 0 Å². The fourth-order valence-corrected chi connectivity index (χ4v) is 3.84. The van der Waals surface area contributed by atoms with Crippen LogP contribution in [-0.2, 0) is 6.42 Å². The number of unbranched alkanes of at least 4 members (excludes halogenated alkanes) is 1. The number of thiophene rings is 1. The number of carbonyl (C=O) groups is 2. The van der Waals surface area contributed by atoms with Gasteiger partial charge in [-0.15, -0.1) is 11.3 Å². The zero-order valence-corrected chi connectivity index (χ0v) is 18.4. The maximum atomic E-state index is 12.5. The predicted molar refractivity (Wildman–Crippen MR) is 121 cm³/mol. The number of allylic oxidation sites excluding steroid dienone is 2. The maximum absolute atomic E-state index is 12.5. The van der Waals surface area contributed by atoms with Crippen LogP contribution in [0.3, 0.4) is 0 Å². The summed E-state index contributed by atoms with van der Waals surface area (Å²) in [6, 6.07) is 5.24. The summed E-state index contributed by atoms with van der Waals surface area (Å²) in [5.74, 6) is -0.968. The average Bonchev–Trinajstić information content (AvgIpc) is 3.17. The van der Waals surface area contributed by atoms with Crippen molar-refractivity contribution in [1.82, 2.24) is 5.32 Å². The lowest BCUT2D eigenvalue weighted by Crippen LogP contribution is -2.14. The van der Waals surface area contributed by atoms with Crippen molar-refractivity contribution in [2.24, 2.45) is 0 Å². The van der Waals surface area contributed by atoms with Crippen LogP contribution >= 0.6 is 11.3 Å². The van der Waals surface area contributed by atoms with Gasteiger partial charge in [0.25, 0.3) is 0 Å². The summed E-state index contributed by atoms with van der Waals surface area (Å²) in [7, 11) is 0. The molecule has 0 aliphatic rings. The standard InChI is InChI=1S/C23H27NO6S/c1-3-4-8-16-9-10-17(31-16)11-12-18(25)21-19(26)14-20(30-22(21)27)15(2)7-5-6-13-24-23(28)29/h6,9-15,24,26H,3-5,7-8H2,1-2H3,(H,28,29)/b12-11+,13-6?. The van der Waals surface area contributed by atoms with Gasteiger partial charge in [-0.1, -0.05) is 26.3 Å². The van der Waals surface area contributed by atoms with E-state index < -0.39 is 23.3 Å². The van der Waals surface area contributed by atoms with Gasteiger partial charge < -0.3 is 14.6 Å². The minimum absolute atomic E-state index is 0.208. The smallest absolute Gasteiger partial charge is 0.408 e. The van der Waals surface area contributed by atoms with E-state index in [-0.39, 0.29) is 17.2 Å².